The third kappa shape index (κ3) is 5.16. The summed E-state index contributed by atoms with van der Waals surface area (Å²) in [5.41, 5.74) is 1.96. The molecule has 2 aliphatic rings. The number of amides is 1. The Balaban J connectivity index is 1.34. The number of hydrogen-bond donors (Lipinski definition) is 0. The van der Waals surface area contributed by atoms with E-state index in [2.05, 4.69) is 11.2 Å². The van der Waals surface area contributed by atoms with Crippen molar-refractivity contribution in [3.8, 4) is 5.75 Å². The first-order valence-electron chi connectivity index (χ1n) is 10.9. The zero-order chi connectivity index (χ0) is 20.9. The minimum Gasteiger partial charge on any atom is -0.493 e. The zero-order valence-corrected chi connectivity index (χ0v) is 18.3. The number of aryl methyl sites for hydroxylation is 1. The Bertz CT molecular complexity index is 863. The van der Waals surface area contributed by atoms with Gasteiger partial charge in [-0.1, -0.05) is 36.9 Å². The molecular formula is C23H30ClN3O3. The summed E-state index contributed by atoms with van der Waals surface area (Å²) in [4.78, 5) is 14.9. The van der Waals surface area contributed by atoms with E-state index < -0.39 is 0 Å². The van der Waals surface area contributed by atoms with Crippen LogP contribution < -0.4 is 4.74 Å². The van der Waals surface area contributed by atoms with E-state index in [0.717, 1.165) is 36.4 Å². The molecule has 0 N–H and O–H groups in total. The number of ether oxygens (including phenoxy) is 2. The van der Waals surface area contributed by atoms with Crippen molar-refractivity contribution >= 4 is 17.5 Å². The summed E-state index contributed by atoms with van der Waals surface area (Å²) in [5, 5.41) is 5.32. The van der Waals surface area contributed by atoms with Gasteiger partial charge in [-0.15, -0.1) is 0 Å². The highest BCUT2D eigenvalue weighted by Crippen LogP contribution is 2.28. The molecule has 2 aromatic rings. The van der Waals surface area contributed by atoms with Crippen LogP contribution in [0.4, 0.5) is 0 Å². The summed E-state index contributed by atoms with van der Waals surface area (Å²) < 4.78 is 13.7. The predicted molar refractivity (Wildman–Crippen MR) is 116 cm³/mol. The fourth-order valence-electron chi connectivity index (χ4n) is 4.39. The van der Waals surface area contributed by atoms with Crippen molar-refractivity contribution in [1.29, 1.82) is 0 Å². The molecule has 1 aromatic heterocycles. The lowest BCUT2D eigenvalue weighted by atomic mass is 9.88. The van der Waals surface area contributed by atoms with Gasteiger partial charge in [-0.2, -0.15) is 5.10 Å². The van der Waals surface area contributed by atoms with Crippen molar-refractivity contribution in [2.75, 3.05) is 26.3 Å². The Morgan fingerprint density at radius 3 is 2.90 bits per heavy atom. The van der Waals surface area contributed by atoms with Gasteiger partial charge in [-0.05, 0) is 37.1 Å². The normalized spacial score (nSPS) is 20.3. The number of carbonyl (C=O) groups excluding carboxylic acids is 1. The number of carbonyl (C=O) groups is 1. The molecule has 0 radical (unpaired) electrons. The summed E-state index contributed by atoms with van der Waals surface area (Å²) >= 11 is 6.00. The summed E-state index contributed by atoms with van der Waals surface area (Å²) in [6, 6.07) is 9.48. The number of halogens is 1. The van der Waals surface area contributed by atoms with Gasteiger partial charge in [0.05, 0.1) is 25.5 Å². The molecule has 1 amide bonds. The predicted octanol–water partition coefficient (Wildman–Crippen LogP) is 4.18. The molecule has 1 aliphatic carbocycles. The van der Waals surface area contributed by atoms with E-state index in [1.807, 2.05) is 40.9 Å². The van der Waals surface area contributed by atoms with Crippen LogP contribution in [-0.4, -0.2) is 46.9 Å². The molecule has 2 fully saturated rings. The van der Waals surface area contributed by atoms with Crippen LogP contribution in [0.3, 0.4) is 0 Å². The maximum absolute atomic E-state index is 12.9. The van der Waals surface area contributed by atoms with Crippen LogP contribution >= 0.6 is 11.6 Å². The van der Waals surface area contributed by atoms with Crippen molar-refractivity contribution < 1.29 is 14.3 Å². The highest BCUT2D eigenvalue weighted by Gasteiger charge is 2.31. The van der Waals surface area contributed by atoms with E-state index in [4.69, 9.17) is 21.1 Å². The molecule has 1 atom stereocenters. The summed E-state index contributed by atoms with van der Waals surface area (Å²) in [6.07, 6.45) is 6.22. The molecule has 1 aliphatic heterocycles. The number of rotatable bonds is 6. The third-order valence-corrected chi connectivity index (χ3v) is 6.32. The van der Waals surface area contributed by atoms with Crippen LogP contribution in [0.15, 0.2) is 30.3 Å². The van der Waals surface area contributed by atoms with E-state index in [-0.39, 0.29) is 12.0 Å². The van der Waals surface area contributed by atoms with Crippen LogP contribution in [-0.2, 0) is 23.0 Å². The molecule has 0 unspecified atom stereocenters. The number of benzene rings is 1. The van der Waals surface area contributed by atoms with Gasteiger partial charge in [0.25, 0.3) is 0 Å². The topological polar surface area (TPSA) is 56.6 Å². The molecule has 1 saturated carbocycles. The van der Waals surface area contributed by atoms with E-state index in [1.165, 1.54) is 19.3 Å². The first kappa shape index (κ1) is 21.2. The minimum absolute atomic E-state index is 0.167. The standard InChI is InChI=1S/C23H30ClN3O3/c1-26-19(10-12-29-20-9-5-8-18(24)14-20)15-21(25-26)22-16-27(11-13-30-22)23(28)17-6-3-2-4-7-17/h5,8-9,14-15,17,22H,2-4,6-7,10-13,16H2,1H3/t22-/m1/s1. The molecular weight excluding hydrogens is 402 g/mol. The largest absolute Gasteiger partial charge is 0.493 e. The van der Waals surface area contributed by atoms with E-state index in [0.29, 0.717) is 37.2 Å². The van der Waals surface area contributed by atoms with Crippen LogP contribution in [0.2, 0.25) is 5.02 Å². The highest BCUT2D eigenvalue weighted by molar-refractivity contribution is 6.30. The number of hydrogen-bond acceptors (Lipinski definition) is 4. The summed E-state index contributed by atoms with van der Waals surface area (Å²) in [7, 11) is 1.94. The van der Waals surface area contributed by atoms with E-state index in [9.17, 15) is 4.79 Å². The Labute approximate surface area is 183 Å². The molecule has 1 aromatic carbocycles. The lowest BCUT2D eigenvalue weighted by molar-refractivity contribution is -0.144. The molecule has 4 rings (SSSR count). The van der Waals surface area contributed by atoms with Crippen LogP contribution in [0.25, 0.3) is 0 Å². The zero-order valence-electron chi connectivity index (χ0n) is 17.6. The SMILES string of the molecule is Cn1nc([C@H]2CN(C(=O)C3CCCCC3)CCO2)cc1CCOc1cccc(Cl)c1. The second kappa shape index (κ2) is 9.84. The monoisotopic (exact) mass is 431 g/mol. The summed E-state index contributed by atoms with van der Waals surface area (Å²) in [5.74, 6) is 1.26. The summed E-state index contributed by atoms with van der Waals surface area (Å²) in [6.45, 7) is 2.37. The van der Waals surface area contributed by atoms with Crippen molar-refractivity contribution in [2.45, 2.75) is 44.6 Å². The smallest absolute Gasteiger partial charge is 0.225 e. The van der Waals surface area contributed by atoms with Gasteiger partial charge in [0.15, 0.2) is 0 Å². The highest BCUT2D eigenvalue weighted by atomic mass is 35.5. The Kier molecular flexibility index (Phi) is 6.95. The quantitative estimate of drug-likeness (QED) is 0.688. The van der Waals surface area contributed by atoms with Crippen LogP contribution in [0, 0.1) is 5.92 Å². The van der Waals surface area contributed by atoms with Crippen molar-refractivity contribution in [1.82, 2.24) is 14.7 Å². The third-order valence-electron chi connectivity index (χ3n) is 6.08. The Morgan fingerprint density at radius 1 is 1.27 bits per heavy atom. The number of morpholine rings is 1. The van der Waals surface area contributed by atoms with Crippen LogP contribution in [0.5, 0.6) is 5.75 Å². The molecule has 6 nitrogen and oxygen atoms in total. The molecule has 7 heteroatoms. The van der Waals surface area contributed by atoms with E-state index >= 15 is 0 Å². The Hall–Kier alpha value is -2.05. The van der Waals surface area contributed by atoms with Gasteiger partial charge in [-0.25, -0.2) is 0 Å². The molecule has 0 bridgehead atoms. The van der Waals surface area contributed by atoms with E-state index in [1.54, 1.807) is 0 Å². The van der Waals surface area contributed by atoms with Gasteiger partial charge in [-0.3, -0.25) is 9.48 Å². The molecule has 1 saturated heterocycles. The van der Waals surface area contributed by atoms with Gasteiger partial charge >= 0.3 is 0 Å². The minimum atomic E-state index is -0.167. The molecule has 30 heavy (non-hydrogen) atoms. The second-order valence-corrected chi connectivity index (χ2v) is 8.66. The fourth-order valence-corrected chi connectivity index (χ4v) is 4.57. The van der Waals surface area contributed by atoms with Crippen molar-refractivity contribution in [2.24, 2.45) is 13.0 Å². The lowest BCUT2D eigenvalue weighted by Crippen LogP contribution is -2.45. The maximum Gasteiger partial charge on any atom is 0.225 e. The maximum atomic E-state index is 12.9. The number of aromatic nitrogens is 2. The molecule has 162 valence electrons. The van der Waals surface area contributed by atoms with Gasteiger partial charge < -0.3 is 14.4 Å². The fraction of sp³-hybridized carbons (Fsp3) is 0.565. The molecule has 2 heterocycles. The van der Waals surface area contributed by atoms with Crippen molar-refractivity contribution in [3.05, 3.63) is 46.7 Å². The first-order valence-corrected chi connectivity index (χ1v) is 11.3. The van der Waals surface area contributed by atoms with Crippen LogP contribution in [0.1, 0.15) is 49.6 Å². The van der Waals surface area contributed by atoms with Gasteiger partial charge in [0.2, 0.25) is 5.91 Å². The molecule has 0 spiro atoms. The number of nitrogens with zero attached hydrogens (tertiary/aromatic N) is 3. The van der Waals surface area contributed by atoms with Gasteiger partial charge in [0, 0.05) is 36.6 Å². The first-order chi connectivity index (χ1) is 14.6. The van der Waals surface area contributed by atoms with Gasteiger partial charge in [0.1, 0.15) is 11.9 Å². The Morgan fingerprint density at radius 2 is 2.10 bits per heavy atom. The van der Waals surface area contributed by atoms with Crippen molar-refractivity contribution in [3.63, 3.8) is 0 Å². The average Bonchev–Trinajstić information content (AvgIpc) is 3.14. The average molecular weight is 432 g/mol. The lowest BCUT2D eigenvalue weighted by Gasteiger charge is -2.35. The second-order valence-electron chi connectivity index (χ2n) is 8.22.